The molecule has 0 radical (unpaired) electrons. The van der Waals surface area contributed by atoms with Crippen LogP contribution in [0.1, 0.15) is 151 Å². The lowest BCUT2D eigenvalue weighted by Crippen LogP contribution is -2.58. The van der Waals surface area contributed by atoms with Crippen LogP contribution < -0.4 is 48.6 Å². The standard InChI is InChI=1S/C33H30Cl3F2N7O2.2C33H30Cl2F3N7O2/c1-7-21(46)44-16(5)12-43(13-17(44)6)31-18-10-20(34)29(22-23(35)24(36)25(37)26(38)27(22)40)42-32(18)45(33(47)19(31)11-39)30-15(4)8-9-41-28(30)14(2)3;2*1-7-21(46)44-16(5)12-43(13-17(44)6)31-18-10-20(34)29(22-24(36)23(35)25(37)26(38)27(22)40)42-32(18)45(33(47)19(31)11-39)30-15(4)8-9-41-28(30)14(2)3/h3*7-10,14,16-17H,1,12-13,40H2,2-6H3/t3*16-,17+. The molecule has 12 aromatic rings. The van der Waals surface area contributed by atoms with Crippen LogP contribution in [0.25, 0.3) is 83.9 Å². The summed E-state index contributed by atoms with van der Waals surface area (Å²) in [6.07, 6.45) is 8.49. The van der Waals surface area contributed by atoms with Gasteiger partial charge in [0.1, 0.15) is 61.9 Å². The molecule has 3 amide bonds. The van der Waals surface area contributed by atoms with Gasteiger partial charge < -0.3 is 46.6 Å². The van der Waals surface area contributed by atoms with E-state index < -0.39 is 123 Å². The number of carbonyl (C=O) groups excluding carboxylic acids is 3. The van der Waals surface area contributed by atoms with E-state index in [-0.39, 0.29) is 199 Å². The fourth-order valence-electron chi connectivity index (χ4n) is 18.9. The second-order valence-corrected chi connectivity index (χ2v) is 38.1. The summed E-state index contributed by atoms with van der Waals surface area (Å²) in [4.78, 5) is 119. The van der Waals surface area contributed by atoms with Crippen molar-refractivity contribution in [1.29, 1.82) is 15.8 Å². The molecular weight excluding hydrogens is 1980 g/mol. The number of nitriles is 3. The monoisotopic (exact) mass is 2070 g/mol. The average Bonchev–Trinajstić information content (AvgIpc) is 0.725. The zero-order chi connectivity index (χ0) is 104. The first kappa shape index (κ1) is 105. The van der Waals surface area contributed by atoms with Gasteiger partial charge in [-0.1, -0.05) is 142 Å². The van der Waals surface area contributed by atoms with E-state index in [1.165, 1.54) is 50.1 Å². The molecule has 3 aromatic carbocycles. The molecule has 42 heteroatoms. The van der Waals surface area contributed by atoms with E-state index in [0.29, 0.717) is 56.2 Å². The van der Waals surface area contributed by atoms with Gasteiger partial charge in [0.25, 0.3) is 16.7 Å². The maximum atomic E-state index is 15.5. The molecule has 12 heterocycles. The van der Waals surface area contributed by atoms with E-state index in [2.05, 4.69) is 62.9 Å². The first-order valence-electron chi connectivity index (χ1n) is 43.9. The van der Waals surface area contributed by atoms with Gasteiger partial charge in [0.2, 0.25) is 17.7 Å². The molecule has 3 aliphatic rings. The lowest BCUT2D eigenvalue weighted by Gasteiger charge is -2.45. The smallest absolute Gasteiger partial charge is 0.276 e. The van der Waals surface area contributed by atoms with Crippen LogP contribution >= 0.6 is 81.2 Å². The van der Waals surface area contributed by atoms with Crippen LogP contribution in [0.5, 0.6) is 0 Å². The van der Waals surface area contributed by atoms with Crippen molar-refractivity contribution in [3.63, 3.8) is 0 Å². The molecule has 0 aliphatic carbocycles. The summed E-state index contributed by atoms with van der Waals surface area (Å²) in [5.74, 6) is -13.5. The highest BCUT2D eigenvalue weighted by atomic mass is 35.5. The summed E-state index contributed by atoms with van der Waals surface area (Å²) >= 11 is 44.3. The zero-order valence-corrected chi connectivity index (χ0v) is 83.7. The summed E-state index contributed by atoms with van der Waals surface area (Å²) in [5, 5.41) is 28.2. The Bertz CT molecular complexity index is 6860. The molecule has 3 fully saturated rings. The maximum Gasteiger partial charge on any atom is 0.276 e. The average molecular weight is 2070 g/mol. The van der Waals surface area contributed by atoms with Crippen molar-refractivity contribution >= 4 is 166 Å². The first-order valence-corrected chi connectivity index (χ1v) is 46.5. The summed E-state index contributed by atoms with van der Waals surface area (Å²) in [6.45, 7) is 39.8. The molecule has 141 heavy (non-hydrogen) atoms. The number of pyridine rings is 9. The van der Waals surface area contributed by atoms with Crippen LogP contribution in [0.3, 0.4) is 0 Å². The second-order valence-electron chi connectivity index (χ2n) is 35.3. The number of hydrogen-bond acceptors (Lipinski definition) is 21. The zero-order valence-electron chi connectivity index (χ0n) is 78.4. The molecule has 0 spiro atoms. The van der Waals surface area contributed by atoms with Crippen molar-refractivity contribution < 1.29 is 49.5 Å². The number of nitrogens with zero attached hydrogens (tertiary/aromatic N) is 18. The number of rotatable bonds is 15. The summed E-state index contributed by atoms with van der Waals surface area (Å²) < 4.78 is 122. The van der Waals surface area contributed by atoms with Gasteiger partial charge in [-0.25, -0.2) is 50.1 Å². The predicted molar refractivity (Wildman–Crippen MR) is 535 cm³/mol. The molecule has 0 unspecified atom stereocenters. The van der Waals surface area contributed by atoms with Gasteiger partial charge in [0.15, 0.2) is 46.5 Å². The Hall–Kier alpha value is -13.4. The minimum atomic E-state index is -1.68. The Morgan fingerprint density at radius 2 is 0.617 bits per heavy atom. The highest BCUT2D eigenvalue weighted by Gasteiger charge is 2.42. The van der Waals surface area contributed by atoms with E-state index in [1.807, 2.05) is 88.0 Å². The van der Waals surface area contributed by atoms with Crippen molar-refractivity contribution in [1.82, 2.24) is 58.3 Å². The minimum absolute atomic E-state index is 0.0302. The van der Waals surface area contributed by atoms with Crippen LogP contribution in [-0.2, 0) is 14.4 Å². The Morgan fingerprint density at radius 3 is 0.851 bits per heavy atom. The number of anilines is 6. The number of nitrogens with two attached hydrogens (primary N) is 3. The number of aromatic nitrogens is 9. The molecule has 15 rings (SSSR count). The molecule has 0 bridgehead atoms. The van der Waals surface area contributed by atoms with E-state index in [4.69, 9.17) is 103 Å². The number of halogens is 15. The molecule has 732 valence electrons. The third kappa shape index (κ3) is 18.2. The van der Waals surface area contributed by atoms with Crippen molar-refractivity contribution in [3.8, 4) is 69.0 Å². The number of benzene rings is 3. The number of nitrogen functional groups attached to an aromatic ring is 3. The molecule has 6 atom stereocenters. The van der Waals surface area contributed by atoms with Gasteiger partial charge in [0, 0.05) is 116 Å². The maximum absolute atomic E-state index is 15.5. The first-order chi connectivity index (χ1) is 66.5. The van der Waals surface area contributed by atoms with Gasteiger partial charge in [-0.3, -0.25) is 57.4 Å². The SMILES string of the molecule is C=CC(=O)N1[C@H](C)CN(c2c(C#N)c(=O)n(-c3c(C)ccnc3C(C)C)c3nc(-c4c(N)c(F)c(F)c(Cl)c4Cl)c(Cl)cc23)C[C@@H]1C.C=CC(=O)N1[C@H](C)CN(c2c(C#N)c(=O)n(-c3c(C)ccnc3C(C)C)c3nc(-c4c(N)c(F)c(F)c(Cl)c4F)c(Cl)cc23)C[C@@H]1C.C=CC(=O)N1[C@H](C)CN(c2c(C#N)c(=O)n(-c3c(C)ccnc3C(C)C)c3nc(-c4c(N)c(F)c(F)c(Cl)c4F)c(Cl)cc23)C[C@@H]1C. The molecule has 3 aliphatic heterocycles. The van der Waals surface area contributed by atoms with Crippen LogP contribution in [0.15, 0.2) is 107 Å². The largest absolute Gasteiger partial charge is 0.396 e. The number of aryl methyl sites for hydroxylation is 3. The van der Waals surface area contributed by atoms with Crippen LogP contribution in [0.4, 0.5) is 69.2 Å². The molecular formula is C99H90Cl7F8N21O6. The van der Waals surface area contributed by atoms with Crippen molar-refractivity contribution in [3.05, 3.63) is 256 Å². The van der Waals surface area contributed by atoms with Gasteiger partial charge in [-0.2, -0.15) is 15.8 Å². The third-order valence-corrected chi connectivity index (χ3v) is 27.3. The Morgan fingerprint density at radius 1 is 0.383 bits per heavy atom. The second kappa shape index (κ2) is 41.0. The number of amides is 3. The Kier molecular flexibility index (Phi) is 30.5. The van der Waals surface area contributed by atoms with Gasteiger partial charge in [-0.15, -0.1) is 0 Å². The molecule has 3 saturated heterocycles. The van der Waals surface area contributed by atoms with Crippen molar-refractivity contribution in [2.75, 3.05) is 71.2 Å². The Labute approximate surface area is 838 Å². The molecule has 27 nitrogen and oxygen atoms in total. The number of piperazine rings is 3. The number of hydrogen-bond donors (Lipinski definition) is 3. The van der Waals surface area contributed by atoms with Gasteiger partial charge in [-0.05, 0) is 151 Å². The van der Waals surface area contributed by atoms with E-state index in [9.17, 15) is 70.9 Å². The Balaban J connectivity index is 0.000000178. The van der Waals surface area contributed by atoms with Gasteiger partial charge in [0.05, 0.1) is 122 Å². The minimum Gasteiger partial charge on any atom is -0.396 e. The van der Waals surface area contributed by atoms with E-state index >= 15 is 8.78 Å². The fraction of sp³-hybridized carbons (Fsp3) is 0.303. The molecule has 6 N–H and O–H groups in total. The lowest BCUT2D eigenvalue weighted by molar-refractivity contribution is -0.131. The topological polar surface area (TPSA) is 363 Å². The lowest BCUT2D eigenvalue weighted by atomic mass is 10.0. The number of fused-ring (bicyclic) bond motifs is 3. The van der Waals surface area contributed by atoms with E-state index in [0.717, 1.165) is 0 Å². The fourth-order valence-corrected chi connectivity index (χ4v) is 20.4. The van der Waals surface area contributed by atoms with Crippen LogP contribution in [0, 0.1) is 101 Å². The summed E-state index contributed by atoms with van der Waals surface area (Å²) in [7, 11) is 0. The van der Waals surface area contributed by atoms with Crippen LogP contribution in [-0.4, -0.2) is 152 Å². The normalized spacial score (nSPS) is 16.6. The van der Waals surface area contributed by atoms with E-state index in [1.54, 1.807) is 82.1 Å². The number of carbonyl (C=O) groups is 3. The quantitative estimate of drug-likeness (QED) is 0.0282. The van der Waals surface area contributed by atoms with Gasteiger partial charge >= 0.3 is 0 Å². The summed E-state index contributed by atoms with van der Waals surface area (Å²) in [6, 6.07) is 13.4. The highest BCUT2D eigenvalue weighted by Crippen LogP contribution is 2.50. The summed E-state index contributed by atoms with van der Waals surface area (Å²) in [5.41, 5.74) is 14.7. The van der Waals surface area contributed by atoms with Crippen molar-refractivity contribution in [2.45, 2.75) is 158 Å². The molecule has 9 aromatic heterocycles. The molecule has 0 saturated carbocycles. The van der Waals surface area contributed by atoms with Crippen molar-refractivity contribution in [2.24, 2.45) is 0 Å². The van der Waals surface area contributed by atoms with Crippen LogP contribution in [0.2, 0.25) is 35.2 Å². The third-order valence-electron chi connectivity index (χ3n) is 25.0. The highest BCUT2D eigenvalue weighted by molar-refractivity contribution is 6.45. The predicted octanol–water partition coefficient (Wildman–Crippen LogP) is 20.5.